The molecule has 0 radical (unpaired) electrons. The number of rotatable bonds is 5. The quantitative estimate of drug-likeness (QED) is 0.881. The minimum Gasteiger partial charge on any atom is -0.497 e. The number of hydrogen-bond acceptors (Lipinski definition) is 3. The molecule has 0 aromatic heterocycles. The zero-order valence-corrected chi connectivity index (χ0v) is 14.3. The van der Waals surface area contributed by atoms with Gasteiger partial charge in [-0.3, -0.25) is 0 Å². The molecule has 1 atom stereocenters. The third kappa shape index (κ3) is 3.22. The van der Waals surface area contributed by atoms with Crippen LogP contribution in [0, 0.1) is 6.92 Å². The van der Waals surface area contributed by atoms with Gasteiger partial charge in [-0.05, 0) is 49.4 Å². The summed E-state index contributed by atoms with van der Waals surface area (Å²) in [7, 11) is 5.31. The van der Waals surface area contributed by atoms with E-state index in [0.29, 0.717) is 0 Å². The smallest absolute Gasteiger partial charge is 0.124 e. The molecule has 2 aromatic carbocycles. The zero-order valence-electron chi connectivity index (χ0n) is 12.7. The summed E-state index contributed by atoms with van der Waals surface area (Å²) in [5.41, 5.74) is 3.47. The Bertz CT molecular complexity index is 628. The number of benzene rings is 2. The fraction of sp³-hybridized carbons (Fsp3) is 0.294. The average molecular weight is 350 g/mol. The van der Waals surface area contributed by atoms with Crippen LogP contribution in [-0.4, -0.2) is 21.3 Å². The largest absolute Gasteiger partial charge is 0.497 e. The highest BCUT2D eigenvalue weighted by atomic mass is 79.9. The fourth-order valence-electron chi connectivity index (χ4n) is 2.48. The van der Waals surface area contributed by atoms with Crippen LogP contribution in [0.1, 0.15) is 22.7 Å². The first-order valence-corrected chi connectivity index (χ1v) is 7.55. The summed E-state index contributed by atoms with van der Waals surface area (Å²) >= 11 is 3.60. The SMILES string of the molecule is CNC(c1cc(OC)ccc1OC)c1cccc(Br)c1C. The Balaban J connectivity index is 2.57. The molecule has 2 rings (SSSR count). The second-order valence-electron chi connectivity index (χ2n) is 4.78. The molecule has 3 nitrogen and oxygen atoms in total. The monoisotopic (exact) mass is 349 g/mol. The molecule has 112 valence electrons. The molecular weight excluding hydrogens is 330 g/mol. The molecule has 1 unspecified atom stereocenters. The molecule has 0 fully saturated rings. The highest BCUT2D eigenvalue weighted by Gasteiger charge is 2.20. The molecule has 0 saturated heterocycles. The van der Waals surface area contributed by atoms with Crippen molar-refractivity contribution < 1.29 is 9.47 Å². The molecule has 0 aliphatic rings. The highest BCUT2D eigenvalue weighted by Crippen LogP contribution is 2.35. The van der Waals surface area contributed by atoms with Crippen LogP contribution in [0.2, 0.25) is 0 Å². The summed E-state index contributed by atoms with van der Waals surface area (Å²) in [5.74, 6) is 1.66. The Hall–Kier alpha value is -1.52. The summed E-state index contributed by atoms with van der Waals surface area (Å²) < 4.78 is 12.0. The van der Waals surface area contributed by atoms with Gasteiger partial charge in [-0.25, -0.2) is 0 Å². The molecule has 0 aliphatic heterocycles. The standard InChI is InChI=1S/C17H20BrNO2/c1-11-13(6-5-7-15(11)18)17(19-2)14-10-12(20-3)8-9-16(14)21-4/h5-10,17,19H,1-4H3. The van der Waals surface area contributed by atoms with Gasteiger partial charge in [0.2, 0.25) is 0 Å². The van der Waals surface area contributed by atoms with Crippen LogP contribution in [0.25, 0.3) is 0 Å². The third-order valence-electron chi connectivity index (χ3n) is 3.66. The van der Waals surface area contributed by atoms with Crippen molar-refractivity contribution in [2.75, 3.05) is 21.3 Å². The van der Waals surface area contributed by atoms with Gasteiger partial charge in [-0.2, -0.15) is 0 Å². The first kappa shape index (κ1) is 15.9. The second-order valence-corrected chi connectivity index (χ2v) is 5.64. The normalized spacial score (nSPS) is 12.0. The van der Waals surface area contributed by atoms with E-state index in [9.17, 15) is 0 Å². The van der Waals surface area contributed by atoms with E-state index < -0.39 is 0 Å². The average Bonchev–Trinajstić information content (AvgIpc) is 2.52. The Kier molecular flexibility index (Phi) is 5.26. The molecule has 4 heteroatoms. The van der Waals surface area contributed by atoms with E-state index >= 15 is 0 Å². The van der Waals surface area contributed by atoms with E-state index in [0.717, 1.165) is 21.5 Å². The van der Waals surface area contributed by atoms with Crippen LogP contribution in [0.4, 0.5) is 0 Å². The van der Waals surface area contributed by atoms with Crippen LogP contribution >= 0.6 is 15.9 Å². The maximum atomic E-state index is 5.51. The van der Waals surface area contributed by atoms with E-state index in [2.05, 4.69) is 34.2 Å². The van der Waals surface area contributed by atoms with Gasteiger partial charge in [0.15, 0.2) is 0 Å². The van der Waals surface area contributed by atoms with Gasteiger partial charge >= 0.3 is 0 Å². The molecular formula is C17H20BrNO2. The van der Waals surface area contributed by atoms with Crippen molar-refractivity contribution in [3.63, 3.8) is 0 Å². The number of hydrogen-bond donors (Lipinski definition) is 1. The highest BCUT2D eigenvalue weighted by molar-refractivity contribution is 9.10. The lowest BCUT2D eigenvalue weighted by atomic mass is 9.94. The molecule has 0 heterocycles. The van der Waals surface area contributed by atoms with E-state index in [4.69, 9.17) is 9.47 Å². The molecule has 0 saturated carbocycles. The summed E-state index contributed by atoms with van der Waals surface area (Å²) in [4.78, 5) is 0. The van der Waals surface area contributed by atoms with Crippen molar-refractivity contribution in [1.29, 1.82) is 0 Å². The predicted molar refractivity (Wildman–Crippen MR) is 89.3 cm³/mol. The van der Waals surface area contributed by atoms with Gasteiger partial charge in [0.05, 0.1) is 20.3 Å². The van der Waals surface area contributed by atoms with Crippen LogP contribution in [0.5, 0.6) is 11.5 Å². The van der Waals surface area contributed by atoms with Gasteiger partial charge in [0, 0.05) is 10.0 Å². The topological polar surface area (TPSA) is 30.5 Å². The molecule has 1 N–H and O–H groups in total. The van der Waals surface area contributed by atoms with E-state index in [1.807, 2.05) is 37.4 Å². The first-order chi connectivity index (χ1) is 10.1. The Morgan fingerprint density at radius 1 is 1.05 bits per heavy atom. The van der Waals surface area contributed by atoms with Crippen molar-refractivity contribution in [3.05, 3.63) is 57.6 Å². The third-order valence-corrected chi connectivity index (χ3v) is 4.52. The zero-order chi connectivity index (χ0) is 15.4. The van der Waals surface area contributed by atoms with Crippen LogP contribution < -0.4 is 14.8 Å². The maximum Gasteiger partial charge on any atom is 0.124 e. The van der Waals surface area contributed by atoms with Crippen LogP contribution in [-0.2, 0) is 0 Å². The van der Waals surface area contributed by atoms with Gasteiger partial charge < -0.3 is 14.8 Å². The molecule has 2 aromatic rings. The maximum absolute atomic E-state index is 5.51. The van der Waals surface area contributed by atoms with Crippen molar-refractivity contribution >= 4 is 15.9 Å². The van der Waals surface area contributed by atoms with Crippen molar-refractivity contribution in [3.8, 4) is 11.5 Å². The Labute approximate surface area is 134 Å². The molecule has 0 spiro atoms. The first-order valence-electron chi connectivity index (χ1n) is 6.76. The summed E-state index contributed by atoms with van der Waals surface area (Å²) in [6.45, 7) is 2.11. The lowest BCUT2D eigenvalue weighted by Crippen LogP contribution is -2.19. The fourth-order valence-corrected chi connectivity index (χ4v) is 2.86. The lowest BCUT2D eigenvalue weighted by molar-refractivity contribution is 0.395. The van der Waals surface area contributed by atoms with E-state index in [-0.39, 0.29) is 6.04 Å². The molecule has 0 aliphatic carbocycles. The van der Waals surface area contributed by atoms with Gasteiger partial charge in [-0.1, -0.05) is 28.1 Å². The van der Waals surface area contributed by atoms with E-state index in [1.54, 1.807) is 14.2 Å². The minimum absolute atomic E-state index is 0.0348. The number of ether oxygens (including phenoxy) is 2. The Morgan fingerprint density at radius 3 is 2.43 bits per heavy atom. The number of methoxy groups -OCH3 is 2. The molecule has 0 amide bonds. The summed E-state index contributed by atoms with van der Waals surface area (Å²) in [6.07, 6.45) is 0. The van der Waals surface area contributed by atoms with Gasteiger partial charge in [0.25, 0.3) is 0 Å². The molecule has 0 bridgehead atoms. The second kappa shape index (κ2) is 6.96. The summed E-state index contributed by atoms with van der Waals surface area (Å²) in [5, 5.41) is 3.37. The van der Waals surface area contributed by atoms with Gasteiger partial charge in [0.1, 0.15) is 11.5 Å². The lowest BCUT2D eigenvalue weighted by Gasteiger charge is -2.22. The minimum atomic E-state index is 0.0348. The van der Waals surface area contributed by atoms with Crippen molar-refractivity contribution in [2.24, 2.45) is 0 Å². The van der Waals surface area contributed by atoms with Crippen molar-refractivity contribution in [1.82, 2.24) is 5.32 Å². The van der Waals surface area contributed by atoms with E-state index in [1.165, 1.54) is 11.1 Å². The number of halogens is 1. The Morgan fingerprint density at radius 2 is 1.81 bits per heavy atom. The summed E-state index contributed by atoms with van der Waals surface area (Å²) in [6, 6.07) is 12.1. The number of nitrogens with one attached hydrogen (secondary N) is 1. The van der Waals surface area contributed by atoms with Crippen LogP contribution in [0.3, 0.4) is 0 Å². The predicted octanol–water partition coefficient (Wildman–Crippen LogP) is 4.08. The molecule has 21 heavy (non-hydrogen) atoms. The van der Waals surface area contributed by atoms with Gasteiger partial charge in [-0.15, -0.1) is 0 Å². The van der Waals surface area contributed by atoms with Crippen LogP contribution in [0.15, 0.2) is 40.9 Å². The van der Waals surface area contributed by atoms with Crippen molar-refractivity contribution in [2.45, 2.75) is 13.0 Å².